The summed E-state index contributed by atoms with van der Waals surface area (Å²) < 4.78 is 1.68. The zero-order chi connectivity index (χ0) is 12.1. The number of rotatable bonds is 4. The van der Waals surface area contributed by atoms with Gasteiger partial charge in [0.25, 0.3) is 0 Å². The van der Waals surface area contributed by atoms with E-state index in [0.717, 1.165) is 23.1 Å². The number of benzene rings is 1. The van der Waals surface area contributed by atoms with Gasteiger partial charge in [0.1, 0.15) is 12.8 Å². The molecule has 0 saturated heterocycles. The maximum absolute atomic E-state index is 10.6. The van der Waals surface area contributed by atoms with Crippen LogP contribution in [0.4, 0.5) is 0 Å². The molecule has 0 radical (unpaired) electrons. The molecule has 2 rings (SSSR count). The topological polar surface area (TPSA) is 34.9 Å². The average Bonchev–Trinajstić information content (AvgIpc) is 2.74. The number of carbonyl (C=O) groups is 1. The number of nitrogens with zero attached hydrogens (tertiary/aromatic N) is 2. The van der Waals surface area contributed by atoms with Crippen LogP contribution >= 0.6 is 0 Å². The summed E-state index contributed by atoms with van der Waals surface area (Å²) in [4.78, 5) is 10.6. The van der Waals surface area contributed by atoms with Crippen LogP contribution in [0.1, 0.15) is 5.56 Å². The van der Waals surface area contributed by atoms with Crippen LogP contribution in [-0.2, 0) is 17.8 Å². The second kappa shape index (κ2) is 5.13. The van der Waals surface area contributed by atoms with Crippen molar-refractivity contribution in [2.75, 3.05) is 0 Å². The van der Waals surface area contributed by atoms with Crippen molar-refractivity contribution < 1.29 is 4.79 Å². The predicted molar refractivity (Wildman–Crippen MR) is 66.3 cm³/mol. The van der Waals surface area contributed by atoms with E-state index in [4.69, 9.17) is 6.42 Å². The van der Waals surface area contributed by atoms with E-state index < -0.39 is 0 Å². The van der Waals surface area contributed by atoms with Gasteiger partial charge in [0, 0.05) is 23.7 Å². The third-order valence-electron chi connectivity index (χ3n) is 2.44. The smallest absolute Gasteiger partial charge is 0.124 e. The molecule has 0 fully saturated rings. The first-order valence-electron chi connectivity index (χ1n) is 5.34. The van der Waals surface area contributed by atoms with Crippen LogP contribution in [-0.4, -0.2) is 16.1 Å². The summed E-state index contributed by atoms with van der Waals surface area (Å²) in [6, 6.07) is 9.77. The van der Waals surface area contributed by atoms with Crippen LogP contribution < -0.4 is 0 Å². The first kappa shape index (κ1) is 11.2. The Bertz CT molecular complexity index is 549. The molecule has 3 heteroatoms. The molecule has 0 N–H and O–H groups in total. The van der Waals surface area contributed by atoms with Gasteiger partial charge < -0.3 is 4.79 Å². The van der Waals surface area contributed by atoms with E-state index in [1.54, 1.807) is 4.68 Å². The molecule has 84 valence electrons. The molecule has 2 aromatic rings. The molecule has 0 amide bonds. The van der Waals surface area contributed by atoms with Crippen LogP contribution in [0.2, 0.25) is 0 Å². The standard InChI is InChI=1S/C14H12N2O/c1-2-9-16-11-13(8-10-17)14(15-16)12-6-4-3-5-7-12/h1,3-7,10-11H,8-9H2. The van der Waals surface area contributed by atoms with Gasteiger partial charge in [-0.25, -0.2) is 0 Å². The average molecular weight is 224 g/mol. The van der Waals surface area contributed by atoms with Crippen LogP contribution in [0, 0.1) is 12.3 Å². The highest BCUT2D eigenvalue weighted by Crippen LogP contribution is 2.21. The fraction of sp³-hybridized carbons (Fsp3) is 0.143. The summed E-state index contributed by atoms with van der Waals surface area (Å²) in [6.07, 6.45) is 8.32. The molecule has 0 bridgehead atoms. The Morgan fingerprint density at radius 3 is 2.76 bits per heavy atom. The van der Waals surface area contributed by atoms with Crippen LogP contribution in [0.5, 0.6) is 0 Å². The lowest BCUT2D eigenvalue weighted by atomic mass is 10.1. The van der Waals surface area contributed by atoms with Crippen molar-refractivity contribution in [2.45, 2.75) is 13.0 Å². The first-order valence-corrected chi connectivity index (χ1v) is 5.34. The van der Waals surface area contributed by atoms with Gasteiger partial charge in [-0.3, -0.25) is 4.68 Å². The van der Waals surface area contributed by atoms with Crippen molar-refractivity contribution in [3.63, 3.8) is 0 Å². The number of carbonyl (C=O) groups excluding carboxylic acids is 1. The minimum absolute atomic E-state index is 0.356. The van der Waals surface area contributed by atoms with E-state index in [-0.39, 0.29) is 0 Å². The third kappa shape index (κ3) is 2.43. The summed E-state index contributed by atoms with van der Waals surface area (Å²) in [7, 11) is 0. The van der Waals surface area contributed by atoms with E-state index in [2.05, 4.69) is 11.0 Å². The van der Waals surface area contributed by atoms with Crippen LogP contribution in [0.15, 0.2) is 36.5 Å². The molecule has 0 saturated carbocycles. The monoisotopic (exact) mass is 224 g/mol. The maximum atomic E-state index is 10.6. The van der Waals surface area contributed by atoms with Crippen molar-refractivity contribution in [2.24, 2.45) is 0 Å². The fourth-order valence-corrected chi connectivity index (χ4v) is 1.72. The SMILES string of the molecule is C#CCn1cc(CC=O)c(-c2ccccc2)n1. The highest BCUT2D eigenvalue weighted by Gasteiger charge is 2.09. The Morgan fingerprint density at radius 1 is 1.35 bits per heavy atom. The van der Waals surface area contributed by atoms with Crippen molar-refractivity contribution in [3.05, 3.63) is 42.1 Å². The van der Waals surface area contributed by atoms with Crippen molar-refractivity contribution in [1.29, 1.82) is 0 Å². The molecular weight excluding hydrogens is 212 g/mol. The summed E-state index contributed by atoms with van der Waals surface area (Å²) >= 11 is 0. The van der Waals surface area contributed by atoms with E-state index in [0.29, 0.717) is 13.0 Å². The Hall–Kier alpha value is -2.34. The van der Waals surface area contributed by atoms with Gasteiger partial charge >= 0.3 is 0 Å². The molecule has 1 aromatic carbocycles. The largest absolute Gasteiger partial charge is 0.303 e. The van der Waals surface area contributed by atoms with E-state index in [1.165, 1.54) is 0 Å². The zero-order valence-electron chi connectivity index (χ0n) is 9.34. The highest BCUT2D eigenvalue weighted by molar-refractivity contribution is 5.67. The summed E-state index contributed by atoms with van der Waals surface area (Å²) in [6.45, 7) is 0.415. The Labute approximate surface area is 100 Å². The lowest BCUT2D eigenvalue weighted by Gasteiger charge is -1.98. The molecule has 0 spiro atoms. The lowest BCUT2D eigenvalue weighted by Crippen LogP contribution is -1.95. The van der Waals surface area contributed by atoms with Crippen molar-refractivity contribution in [3.8, 4) is 23.6 Å². The quantitative estimate of drug-likeness (QED) is 0.587. The highest BCUT2D eigenvalue weighted by atomic mass is 16.1. The fourth-order valence-electron chi connectivity index (χ4n) is 1.72. The molecule has 0 aliphatic heterocycles. The normalized spacial score (nSPS) is 9.82. The minimum atomic E-state index is 0.356. The molecule has 17 heavy (non-hydrogen) atoms. The minimum Gasteiger partial charge on any atom is -0.303 e. The molecular formula is C14H12N2O. The van der Waals surface area contributed by atoms with Gasteiger partial charge in [0.2, 0.25) is 0 Å². The second-order valence-corrected chi connectivity index (χ2v) is 3.64. The Morgan fingerprint density at radius 2 is 2.12 bits per heavy atom. The molecule has 0 unspecified atom stereocenters. The van der Waals surface area contributed by atoms with Gasteiger partial charge in [-0.05, 0) is 0 Å². The summed E-state index contributed by atoms with van der Waals surface area (Å²) in [5, 5.41) is 4.40. The number of aldehydes is 1. The zero-order valence-corrected chi connectivity index (χ0v) is 9.34. The number of aromatic nitrogens is 2. The van der Waals surface area contributed by atoms with Gasteiger partial charge in [-0.2, -0.15) is 5.10 Å². The van der Waals surface area contributed by atoms with Crippen LogP contribution in [0.25, 0.3) is 11.3 Å². The Balaban J connectivity index is 2.44. The molecule has 0 aliphatic carbocycles. The molecule has 3 nitrogen and oxygen atoms in total. The van der Waals surface area contributed by atoms with Crippen LogP contribution in [0.3, 0.4) is 0 Å². The maximum Gasteiger partial charge on any atom is 0.124 e. The Kier molecular flexibility index (Phi) is 3.37. The number of hydrogen-bond acceptors (Lipinski definition) is 2. The number of terminal acetylenes is 1. The third-order valence-corrected chi connectivity index (χ3v) is 2.44. The second-order valence-electron chi connectivity index (χ2n) is 3.64. The first-order chi connectivity index (χ1) is 8.35. The van der Waals surface area contributed by atoms with Gasteiger partial charge in [0.15, 0.2) is 0 Å². The van der Waals surface area contributed by atoms with E-state index in [9.17, 15) is 4.79 Å². The van der Waals surface area contributed by atoms with E-state index >= 15 is 0 Å². The molecule has 0 aliphatic rings. The molecule has 1 heterocycles. The lowest BCUT2D eigenvalue weighted by molar-refractivity contribution is -0.107. The molecule has 1 aromatic heterocycles. The predicted octanol–water partition coefficient (Wildman–Crippen LogP) is 1.92. The molecule has 0 atom stereocenters. The summed E-state index contributed by atoms with van der Waals surface area (Å²) in [5.41, 5.74) is 2.73. The number of hydrogen-bond donors (Lipinski definition) is 0. The van der Waals surface area contributed by atoms with Gasteiger partial charge in [0.05, 0.1) is 5.69 Å². The van der Waals surface area contributed by atoms with Gasteiger partial charge in [-0.15, -0.1) is 6.42 Å². The van der Waals surface area contributed by atoms with E-state index in [1.807, 2.05) is 36.5 Å². The van der Waals surface area contributed by atoms with Gasteiger partial charge in [-0.1, -0.05) is 36.3 Å². The van der Waals surface area contributed by atoms with Crippen molar-refractivity contribution in [1.82, 2.24) is 9.78 Å². The van der Waals surface area contributed by atoms with Crippen molar-refractivity contribution >= 4 is 6.29 Å². The summed E-state index contributed by atoms with van der Waals surface area (Å²) in [5.74, 6) is 2.53.